The number of hydrogen-bond acceptors (Lipinski definition) is 2. The number of furan rings is 1. The van der Waals surface area contributed by atoms with E-state index in [9.17, 15) is 9.18 Å². The third-order valence-corrected chi connectivity index (χ3v) is 4.01. The van der Waals surface area contributed by atoms with E-state index in [1.807, 2.05) is 6.92 Å². The zero-order valence-corrected chi connectivity index (χ0v) is 13.5. The minimum atomic E-state index is -0.298. The summed E-state index contributed by atoms with van der Waals surface area (Å²) < 4.78 is 18.6. The summed E-state index contributed by atoms with van der Waals surface area (Å²) in [5.41, 5.74) is 2.24. The van der Waals surface area contributed by atoms with Crippen molar-refractivity contribution >= 4 is 28.5 Å². The van der Waals surface area contributed by atoms with E-state index in [1.54, 1.807) is 42.3 Å². The second-order valence-corrected chi connectivity index (χ2v) is 5.92. The van der Waals surface area contributed by atoms with Crippen LogP contribution in [0, 0.1) is 12.7 Å². The quantitative estimate of drug-likeness (QED) is 0.690. The molecule has 0 saturated carbocycles. The van der Waals surface area contributed by atoms with Crippen molar-refractivity contribution in [1.82, 2.24) is 4.90 Å². The first-order chi connectivity index (χ1) is 11.0. The summed E-state index contributed by atoms with van der Waals surface area (Å²) in [5, 5.41) is 1.43. The Kier molecular flexibility index (Phi) is 4.09. The fourth-order valence-corrected chi connectivity index (χ4v) is 2.68. The number of rotatable bonds is 3. The minimum absolute atomic E-state index is 0.223. The lowest BCUT2D eigenvalue weighted by atomic mass is 10.1. The number of fused-ring (bicyclic) bond motifs is 1. The molecule has 1 heterocycles. The lowest BCUT2D eigenvalue weighted by molar-refractivity contribution is 0.0755. The molecule has 0 atom stereocenters. The van der Waals surface area contributed by atoms with Gasteiger partial charge < -0.3 is 9.32 Å². The van der Waals surface area contributed by atoms with E-state index >= 15 is 0 Å². The van der Waals surface area contributed by atoms with Crippen molar-refractivity contribution < 1.29 is 13.6 Å². The second-order valence-electron chi connectivity index (χ2n) is 5.48. The Morgan fingerprint density at radius 2 is 1.91 bits per heavy atom. The van der Waals surface area contributed by atoms with Gasteiger partial charge in [-0.2, -0.15) is 0 Å². The summed E-state index contributed by atoms with van der Waals surface area (Å²) in [4.78, 5) is 14.2. The number of aryl methyl sites for hydroxylation is 1. The van der Waals surface area contributed by atoms with Gasteiger partial charge in [0.15, 0.2) is 5.76 Å². The van der Waals surface area contributed by atoms with Crippen molar-refractivity contribution in [2.45, 2.75) is 13.5 Å². The Morgan fingerprint density at radius 1 is 1.22 bits per heavy atom. The third kappa shape index (κ3) is 3.08. The molecule has 0 fully saturated rings. The number of amides is 1. The molecular formula is C18H15ClFNO2. The highest BCUT2D eigenvalue weighted by molar-refractivity contribution is 6.31. The molecule has 3 aromatic rings. The monoisotopic (exact) mass is 331 g/mol. The van der Waals surface area contributed by atoms with E-state index in [0.717, 1.165) is 16.5 Å². The highest BCUT2D eigenvalue weighted by atomic mass is 35.5. The molecule has 2 aromatic carbocycles. The van der Waals surface area contributed by atoms with Crippen molar-refractivity contribution in [3.8, 4) is 0 Å². The van der Waals surface area contributed by atoms with Crippen molar-refractivity contribution in [2.75, 3.05) is 7.05 Å². The van der Waals surface area contributed by atoms with E-state index in [-0.39, 0.29) is 11.7 Å². The summed E-state index contributed by atoms with van der Waals surface area (Å²) in [6, 6.07) is 11.3. The zero-order valence-electron chi connectivity index (χ0n) is 12.8. The van der Waals surface area contributed by atoms with Gasteiger partial charge in [-0.3, -0.25) is 4.79 Å². The predicted octanol–water partition coefficient (Wildman–Crippen LogP) is 4.81. The van der Waals surface area contributed by atoms with Crippen LogP contribution in [-0.4, -0.2) is 17.9 Å². The maximum atomic E-state index is 12.9. The fraction of sp³-hybridized carbons (Fsp3) is 0.167. The van der Waals surface area contributed by atoms with Crippen molar-refractivity contribution in [1.29, 1.82) is 0 Å². The topological polar surface area (TPSA) is 33.5 Å². The molecule has 0 saturated heterocycles. The molecule has 0 unspecified atom stereocenters. The maximum absolute atomic E-state index is 12.9. The molecule has 118 valence electrons. The predicted molar refractivity (Wildman–Crippen MR) is 88.2 cm³/mol. The average molecular weight is 332 g/mol. The Morgan fingerprint density at radius 3 is 2.61 bits per heavy atom. The molecule has 1 amide bonds. The molecule has 0 bridgehead atoms. The molecule has 0 aliphatic carbocycles. The molecule has 0 aliphatic rings. The van der Waals surface area contributed by atoms with Gasteiger partial charge in [0.1, 0.15) is 11.4 Å². The number of hydrogen-bond donors (Lipinski definition) is 0. The molecule has 5 heteroatoms. The Labute approximate surface area is 138 Å². The first-order valence-corrected chi connectivity index (χ1v) is 7.52. The van der Waals surface area contributed by atoms with Crippen LogP contribution >= 0.6 is 11.6 Å². The van der Waals surface area contributed by atoms with Crippen LogP contribution in [0.3, 0.4) is 0 Å². The van der Waals surface area contributed by atoms with E-state index in [4.69, 9.17) is 16.0 Å². The lowest BCUT2D eigenvalue weighted by Gasteiger charge is -2.16. The number of halogens is 2. The minimum Gasteiger partial charge on any atom is -0.451 e. The van der Waals surface area contributed by atoms with Crippen LogP contribution in [0.2, 0.25) is 5.02 Å². The van der Waals surface area contributed by atoms with Crippen LogP contribution in [0.5, 0.6) is 0 Å². The summed E-state index contributed by atoms with van der Waals surface area (Å²) in [5.74, 6) is -0.223. The molecule has 23 heavy (non-hydrogen) atoms. The number of nitrogens with zero attached hydrogens (tertiary/aromatic N) is 1. The molecule has 0 N–H and O–H groups in total. The van der Waals surface area contributed by atoms with E-state index in [2.05, 4.69) is 0 Å². The number of carbonyl (C=O) groups excluding carboxylic acids is 1. The highest BCUT2D eigenvalue weighted by Crippen LogP contribution is 2.28. The molecule has 0 radical (unpaired) electrons. The van der Waals surface area contributed by atoms with Crippen LogP contribution in [0.15, 0.2) is 46.9 Å². The highest BCUT2D eigenvalue weighted by Gasteiger charge is 2.21. The second kappa shape index (κ2) is 6.05. The molecule has 0 aliphatic heterocycles. The van der Waals surface area contributed by atoms with E-state index in [0.29, 0.717) is 22.9 Å². The van der Waals surface area contributed by atoms with Gasteiger partial charge in [0, 0.05) is 29.6 Å². The number of carbonyl (C=O) groups is 1. The standard InChI is InChI=1S/C18H15ClFNO2/c1-11-15-9-13(19)5-8-16(15)23-17(11)18(22)21(2)10-12-3-6-14(20)7-4-12/h3-9H,10H2,1-2H3. The van der Waals surface area contributed by atoms with Gasteiger partial charge in [-0.15, -0.1) is 0 Å². The van der Waals surface area contributed by atoms with Gasteiger partial charge in [-0.25, -0.2) is 4.39 Å². The van der Waals surface area contributed by atoms with Gasteiger partial charge in [0.2, 0.25) is 0 Å². The van der Waals surface area contributed by atoms with Gasteiger partial charge in [-0.1, -0.05) is 23.7 Å². The van der Waals surface area contributed by atoms with Crippen molar-refractivity contribution in [3.63, 3.8) is 0 Å². The Hall–Kier alpha value is -2.33. The molecule has 3 nitrogen and oxygen atoms in total. The fourth-order valence-electron chi connectivity index (χ4n) is 2.51. The lowest BCUT2D eigenvalue weighted by Crippen LogP contribution is -2.26. The van der Waals surface area contributed by atoms with E-state index in [1.165, 1.54) is 12.1 Å². The molecule has 1 aromatic heterocycles. The first-order valence-electron chi connectivity index (χ1n) is 7.14. The Balaban J connectivity index is 1.87. The van der Waals surface area contributed by atoms with Gasteiger partial charge in [0.25, 0.3) is 5.91 Å². The van der Waals surface area contributed by atoms with Gasteiger partial charge in [0.05, 0.1) is 0 Å². The van der Waals surface area contributed by atoms with E-state index < -0.39 is 0 Å². The van der Waals surface area contributed by atoms with Gasteiger partial charge >= 0.3 is 0 Å². The summed E-state index contributed by atoms with van der Waals surface area (Å²) in [7, 11) is 1.69. The summed E-state index contributed by atoms with van der Waals surface area (Å²) in [6.45, 7) is 2.21. The summed E-state index contributed by atoms with van der Waals surface area (Å²) >= 11 is 5.99. The first kappa shape index (κ1) is 15.6. The smallest absolute Gasteiger partial charge is 0.289 e. The molecule has 0 spiro atoms. The van der Waals surface area contributed by atoms with Crippen molar-refractivity contribution in [3.05, 3.63) is 70.2 Å². The van der Waals surface area contributed by atoms with Crippen LogP contribution in [-0.2, 0) is 6.54 Å². The normalized spacial score (nSPS) is 11.0. The SMILES string of the molecule is Cc1c(C(=O)N(C)Cc2ccc(F)cc2)oc2ccc(Cl)cc12. The Bertz CT molecular complexity index is 871. The largest absolute Gasteiger partial charge is 0.451 e. The van der Waals surface area contributed by atoms with Crippen LogP contribution in [0.4, 0.5) is 4.39 Å². The molecular weight excluding hydrogens is 317 g/mol. The third-order valence-electron chi connectivity index (χ3n) is 3.77. The van der Waals surface area contributed by atoms with Crippen LogP contribution in [0.1, 0.15) is 21.7 Å². The van der Waals surface area contributed by atoms with Crippen molar-refractivity contribution in [2.24, 2.45) is 0 Å². The van der Waals surface area contributed by atoms with Crippen LogP contribution < -0.4 is 0 Å². The van der Waals surface area contributed by atoms with Crippen LogP contribution in [0.25, 0.3) is 11.0 Å². The van der Waals surface area contributed by atoms with Gasteiger partial charge in [-0.05, 0) is 42.8 Å². The zero-order chi connectivity index (χ0) is 16.6. The maximum Gasteiger partial charge on any atom is 0.289 e. The summed E-state index contributed by atoms with van der Waals surface area (Å²) in [6.07, 6.45) is 0. The average Bonchev–Trinajstić information content (AvgIpc) is 2.85. The molecule has 3 rings (SSSR count). The number of benzene rings is 2.